The zero-order valence-electron chi connectivity index (χ0n) is 10.2. The van der Waals surface area contributed by atoms with E-state index in [0.717, 1.165) is 25.9 Å². The van der Waals surface area contributed by atoms with Gasteiger partial charge < -0.3 is 33.6 Å². The van der Waals surface area contributed by atoms with Gasteiger partial charge in [-0.15, -0.1) is 0 Å². The molecule has 0 aliphatic carbocycles. The first-order valence-corrected chi connectivity index (χ1v) is 5.56. The number of amides is 1. The first kappa shape index (κ1) is 14.4. The molecule has 1 aromatic heterocycles. The summed E-state index contributed by atoms with van der Waals surface area (Å²) in [6.07, 6.45) is 7.59. The molecular weight excluding hydrogens is 333 g/mol. The SMILES string of the molecule is COC1CCN(C(=O)n2cc[n+](C)c2)CC1.[I-]. The highest BCUT2D eigenvalue weighted by atomic mass is 127. The Morgan fingerprint density at radius 2 is 2.06 bits per heavy atom. The molecule has 0 unspecified atom stereocenters. The third-order valence-electron chi connectivity index (χ3n) is 3.04. The molecule has 1 aromatic rings. The van der Waals surface area contributed by atoms with Gasteiger partial charge in [0.1, 0.15) is 12.4 Å². The highest BCUT2D eigenvalue weighted by Gasteiger charge is 2.26. The van der Waals surface area contributed by atoms with Gasteiger partial charge in [0, 0.05) is 20.2 Å². The number of likely N-dealkylation sites (tertiary alicyclic amines) is 1. The molecule has 0 spiro atoms. The Morgan fingerprint density at radius 3 is 2.53 bits per heavy atom. The standard InChI is InChI=1S/C11H18N3O2.HI/c1-12-7-8-14(9-12)11(15)13-5-3-10(16-2)4-6-13;/h7-10H,3-6H2,1-2H3;1H/q+1;/p-1. The van der Waals surface area contributed by atoms with Crippen molar-refractivity contribution < 1.29 is 38.1 Å². The quantitative estimate of drug-likeness (QED) is 0.411. The number of halogens is 1. The van der Waals surface area contributed by atoms with Gasteiger partial charge in [0.25, 0.3) is 6.33 Å². The lowest BCUT2D eigenvalue weighted by Crippen LogP contribution is -3.00. The molecule has 0 aromatic carbocycles. The molecule has 5 nitrogen and oxygen atoms in total. The molecule has 0 N–H and O–H groups in total. The first-order chi connectivity index (χ1) is 7.70. The molecule has 0 saturated carbocycles. The number of imidazole rings is 1. The summed E-state index contributed by atoms with van der Waals surface area (Å²) in [6.45, 7) is 1.55. The van der Waals surface area contributed by atoms with Crippen LogP contribution in [-0.4, -0.2) is 41.8 Å². The number of aromatic nitrogens is 2. The van der Waals surface area contributed by atoms with Crippen LogP contribution < -0.4 is 28.5 Å². The highest BCUT2D eigenvalue weighted by Crippen LogP contribution is 2.13. The van der Waals surface area contributed by atoms with Crippen molar-refractivity contribution in [2.45, 2.75) is 18.9 Å². The number of hydrogen-bond donors (Lipinski definition) is 0. The number of piperidine rings is 1. The lowest BCUT2D eigenvalue weighted by Gasteiger charge is -2.29. The summed E-state index contributed by atoms with van der Waals surface area (Å²) in [5.41, 5.74) is 0. The second-order valence-corrected chi connectivity index (χ2v) is 4.19. The third kappa shape index (κ3) is 3.41. The minimum absolute atomic E-state index is 0. The van der Waals surface area contributed by atoms with Crippen molar-refractivity contribution >= 4 is 6.03 Å². The number of rotatable bonds is 1. The van der Waals surface area contributed by atoms with Crippen LogP contribution in [0.3, 0.4) is 0 Å². The fraction of sp³-hybridized carbons (Fsp3) is 0.636. The van der Waals surface area contributed by atoms with Crippen LogP contribution in [0.1, 0.15) is 12.8 Å². The zero-order valence-corrected chi connectivity index (χ0v) is 12.3. The monoisotopic (exact) mass is 351 g/mol. The van der Waals surface area contributed by atoms with Gasteiger partial charge in [-0.2, -0.15) is 4.57 Å². The number of aryl methyl sites for hydroxylation is 1. The molecule has 1 aliphatic rings. The third-order valence-corrected chi connectivity index (χ3v) is 3.04. The molecule has 0 radical (unpaired) electrons. The number of carbonyl (C=O) groups excluding carboxylic acids is 1. The van der Waals surface area contributed by atoms with Crippen LogP contribution in [0.25, 0.3) is 0 Å². The van der Waals surface area contributed by atoms with E-state index in [1.807, 2.05) is 22.7 Å². The van der Waals surface area contributed by atoms with Crippen molar-refractivity contribution in [2.75, 3.05) is 20.2 Å². The Kier molecular flexibility index (Phi) is 5.38. The van der Waals surface area contributed by atoms with E-state index in [1.165, 1.54) is 0 Å². The van der Waals surface area contributed by atoms with Gasteiger partial charge in [0.15, 0.2) is 0 Å². The maximum absolute atomic E-state index is 12.0. The van der Waals surface area contributed by atoms with Crippen molar-refractivity contribution in [3.8, 4) is 0 Å². The molecule has 1 amide bonds. The van der Waals surface area contributed by atoms with Crippen molar-refractivity contribution in [2.24, 2.45) is 7.05 Å². The first-order valence-electron chi connectivity index (χ1n) is 5.56. The molecule has 1 fully saturated rings. The van der Waals surface area contributed by atoms with Crippen LogP contribution in [0, 0.1) is 0 Å². The summed E-state index contributed by atoms with van der Waals surface area (Å²) in [7, 11) is 3.63. The summed E-state index contributed by atoms with van der Waals surface area (Å²) < 4.78 is 8.76. The Balaban J connectivity index is 0.00000144. The van der Waals surface area contributed by atoms with Crippen LogP contribution in [0.5, 0.6) is 0 Å². The van der Waals surface area contributed by atoms with Gasteiger partial charge in [-0.25, -0.2) is 9.36 Å². The Morgan fingerprint density at radius 1 is 1.41 bits per heavy atom. The van der Waals surface area contributed by atoms with Crippen LogP contribution in [-0.2, 0) is 11.8 Å². The Labute approximate surface area is 118 Å². The van der Waals surface area contributed by atoms with Crippen molar-refractivity contribution in [3.63, 3.8) is 0 Å². The number of nitrogens with zero attached hydrogens (tertiary/aromatic N) is 3. The van der Waals surface area contributed by atoms with Gasteiger partial charge in [0.05, 0.1) is 13.2 Å². The second kappa shape index (κ2) is 6.34. The molecule has 0 bridgehead atoms. The molecule has 6 heteroatoms. The minimum Gasteiger partial charge on any atom is -1.00 e. The van der Waals surface area contributed by atoms with E-state index in [2.05, 4.69) is 0 Å². The topological polar surface area (TPSA) is 38.4 Å². The van der Waals surface area contributed by atoms with E-state index in [1.54, 1.807) is 24.2 Å². The Hall–Kier alpha value is -0.630. The number of ether oxygens (including phenoxy) is 1. The average molecular weight is 351 g/mol. The van der Waals surface area contributed by atoms with E-state index in [4.69, 9.17) is 4.74 Å². The number of methoxy groups -OCH3 is 1. The predicted octanol–water partition coefficient (Wildman–Crippen LogP) is -2.60. The summed E-state index contributed by atoms with van der Waals surface area (Å²) in [5.74, 6) is 0. The Bertz CT molecular complexity index is 373. The lowest BCUT2D eigenvalue weighted by molar-refractivity contribution is -0.670. The number of carbonyl (C=O) groups is 1. The van der Waals surface area contributed by atoms with Crippen molar-refractivity contribution in [1.29, 1.82) is 0 Å². The van der Waals surface area contributed by atoms with Crippen molar-refractivity contribution in [1.82, 2.24) is 9.47 Å². The van der Waals surface area contributed by atoms with E-state index in [9.17, 15) is 4.79 Å². The van der Waals surface area contributed by atoms with Gasteiger partial charge >= 0.3 is 6.03 Å². The van der Waals surface area contributed by atoms with Crippen LogP contribution in [0.15, 0.2) is 18.7 Å². The summed E-state index contributed by atoms with van der Waals surface area (Å²) >= 11 is 0. The highest BCUT2D eigenvalue weighted by molar-refractivity contribution is 5.76. The molecule has 2 rings (SSSR count). The molecule has 1 aliphatic heterocycles. The largest absolute Gasteiger partial charge is 1.00 e. The normalized spacial score (nSPS) is 16.7. The molecular formula is C11H18IN3O2. The minimum atomic E-state index is 0. The maximum atomic E-state index is 12.0. The summed E-state index contributed by atoms with van der Waals surface area (Å²) in [6, 6.07) is 0.0511. The van der Waals surface area contributed by atoms with E-state index in [-0.39, 0.29) is 30.0 Å². The van der Waals surface area contributed by atoms with Crippen LogP contribution in [0.4, 0.5) is 4.79 Å². The average Bonchev–Trinajstić information content (AvgIpc) is 2.75. The van der Waals surface area contributed by atoms with E-state index < -0.39 is 0 Å². The molecule has 1 saturated heterocycles. The predicted molar refractivity (Wildman–Crippen MR) is 58.0 cm³/mol. The zero-order chi connectivity index (χ0) is 11.5. The summed E-state index contributed by atoms with van der Waals surface area (Å²) in [5, 5.41) is 0. The van der Waals surface area contributed by atoms with Gasteiger partial charge in [0.2, 0.25) is 0 Å². The summed E-state index contributed by atoms with van der Waals surface area (Å²) in [4.78, 5) is 13.9. The molecule has 0 atom stereocenters. The van der Waals surface area contributed by atoms with E-state index in [0.29, 0.717) is 6.10 Å². The van der Waals surface area contributed by atoms with Gasteiger partial charge in [-0.3, -0.25) is 0 Å². The molecule has 2 heterocycles. The fourth-order valence-corrected chi connectivity index (χ4v) is 2.01. The van der Waals surface area contributed by atoms with Crippen LogP contribution in [0.2, 0.25) is 0 Å². The smallest absolute Gasteiger partial charge is 0.415 e. The maximum Gasteiger partial charge on any atom is 0.415 e. The molecule has 96 valence electrons. The van der Waals surface area contributed by atoms with Crippen molar-refractivity contribution in [3.05, 3.63) is 18.7 Å². The lowest BCUT2D eigenvalue weighted by atomic mass is 10.1. The van der Waals surface area contributed by atoms with E-state index >= 15 is 0 Å². The van der Waals surface area contributed by atoms with Gasteiger partial charge in [-0.05, 0) is 12.8 Å². The second-order valence-electron chi connectivity index (χ2n) is 4.19. The van der Waals surface area contributed by atoms with Gasteiger partial charge in [-0.1, -0.05) is 0 Å². The number of hydrogen-bond acceptors (Lipinski definition) is 2. The van der Waals surface area contributed by atoms with Crippen LogP contribution >= 0.6 is 0 Å². The molecule has 17 heavy (non-hydrogen) atoms. The fourth-order valence-electron chi connectivity index (χ4n) is 2.01.